The predicted molar refractivity (Wildman–Crippen MR) is 77.5 cm³/mol. The molecule has 0 radical (unpaired) electrons. The molecule has 112 valence electrons. The maximum absolute atomic E-state index is 11.6. The third kappa shape index (κ3) is 2.69. The van der Waals surface area contributed by atoms with Gasteiger partial charge in [-0.15, -0.1) is 0 Å². The molecule has 2 aliphatic rings. The quantitative estimate of drug-likeness (QED) is 0.509. The van der Waals surface area contributed by atoms with Gasteiger partial charge in [0.1, 0.15) is 5.69 Å². The number of hydrogen-bond donors (Lipinski definition) is 1. The Labute approximate surface area is 122 Å². The number of benzene rings is 1. The Morgan fingerprint density at radius 3 is 2.90 bits per heavy atom. The topological polar surface area (TPSA) is 92.7 Å². The highest BCUT2D eigenvalue weighted by Crippen LogP contribution is 2.26. The second kappa shape index (κ2) is 5.33. The number of nitrogens with zero attached hydrogens (tertiary/aromatic N) is 3. The van der Waals surface area contributed by atoms with Crippen molar-refractivity contribution in [3.05, 3.63) is 33.9 Å². The monoisotopic (exact) mass is 290 g/mol. The van der Waals surface area contributed by atoms with E-state index >= 15 is 0 Å². The molecule has 1 unspecified atom stereocenters. The molecule has 1 atom stereocenters. The van der Waals surface area contributed by atoms with Gasteiger partial charge in [0.2, 0.25) is 5.91 Å². The number of nitro benzene ring substituents is 1. The standard InChI is InChI=1S/C14H18N4O3/c15-12-7-10(1-3-13(12)18(20)21)8-16-5-6-17-11(9-16)2-4-14(17)19/h1,3,7,11H,2,4-6,8-9,15H2. The zero-order valence-corrected chi connectivity index (χ0v) is 11.7. The van der Waals surface area contributed by atoms with E-state index in [1.165, 1.54) is 6.07 Å². The van der Waals surface area contributed by atoms with Crippen LogP contribution in [0.25, 0.3) is 0 Å². The second-order valence-corrected chi connectivity index (χ2v) is 5.67. The van der Waals surface area contributed by atoms with E-state index in [1.54, 1.807) is 12.1 Å². The normalized spacial score (nSPS) is 22.4. The minimum atomic E-state index is -0.470. The predicted octanol–water partition coefficient (Wildman–Crippen LogP) is 0.984. The summed E-state index contributed by atoms with van der Waals surface area (Å²) in [7, 11) is 0. The minimum Gasteiger partial charge on any atom is -0.393 e. The molecule has 2 aliphatic heterocycles. The van der Waals surface area contributed by atoms with Crippen molar-refractivity contribution in [2.75, 3.05) is 25.4 Å². The van der Waals surface area contributed by atoms with Crippen molar-refractivity contribution >= 4 is 17.3 Å². The summed E-state index contributed by atoms with van der Waals surface area (Å²) in [6.45, 7) is 3.18. The maximum Gasteiger partial charge on any atom is 0.292 e. The lowest BCUT2D eigenvalue weighted by Crippen LogP contribution is -2.50. The zero-order chi connectivity index (χ0) is 15.0. The summed E-state index contributed by atoms with van der Waals surface area (Å²) in [5.74, 6) is 0.263. The van der Waals surface area contributed by atoms with E-state index in [0.29, 0.717) is 19.0 Å². The van der Waals surface area contributed by atoms with Crippen LogP contribution < -0.4 is 5.73 Å². The Morgan fingerprint density at radius 1 is 1.38 bits per heavy atom. The molecular formula is C14H18N4O3. The fourth-order valence-corrected chi connectivity index (χ4v) is 3.20. The lowest BCUT2D eigenvalue weighted by Gasteiger charge is -2.37. The Bertz CT molecular complexity index is 590. The van der Waals surface area contributed by atoms with Crippen LogP contribution in [0.15, 0.2) is 18.2 Å². The molecule has 0 saturated carbocycles. The first-order chi connectivity index (χ1) is 10.0. The van der Waals surface area contributed by atoms with Gasteiger partial charge in [0.25, 0.3) is 5.69 Å². The summed E-state index contributed by atoms with van der Waals surface area (Å²) < 4.78 is 0. The van der Waals surface area contributed by atoms with Gasteiger partial charge in [-0.3, -0.25) is 19.8 Å². The summed E-state index contributed by atoms with van der Waals surface area (Å²) in [5, 5.41) is 10.8. The van der Waals surface area contributed by atoms with Gasteiger partial charge in [-0.2, -0.15) is 0 Å². The van der Waals surface area contributed by atoms with E-state index in [1.807, 2.05) is 4.90 Å². The number of piperazine rings is 1. The van der Waals surface area contributed by atoms with Crippen molar-refractivity contribution in [2.45, 2.75) is 25.4 Å². The van der Waals surface area contributed by atoms with Gasteiger partial charge >= 0.3 is 0 Å². The number of carbonyl (C=O) groups is 1. The van der Waals surface area contributed by atoms with Crippen molar-refractivity contribution in [1.29, 1.82) is 0 Å². The lowest BCUT2D eigenvalue weighted by molar-refractivity contribution is -0.383. The molecule has 2 fully saturated rings. The van der Waals surface area contributed by atoms with Crippen LogP contribution in [0, 0.1) is 10.1 Å². The maximum atomic E-state index is 11.6. The van der Waals surface area contributed by atoms with Gasteiger partial charge in [0.05, 0.1) is 4.92 Å². The third-order valence-electron chi connectivity index (χ3n) is 4.27. The van der Waals surface area contributed by atoms with E-state index in [4.69, 9.17) is 5.73 Å². The Morgan fingerprint density at radius 2 is 2.19 bits per heavy atom. The summed E-state index contributed by atoms with van der Waals surface area (Å²) in [6.07, 6.45) is 1.58. The molecule has 0 bridgehead atoms. The van der Waals surface area contributed by atoms with Crippen LogP contribution in [0.2, 0.25) is 0 Å². The molecule has 0 aromatic heterocycles. The van der Waals surface area contributed by atoms with Crippen LogP contribution in [0.1, 0.15) is 18.4 Å². The van der Waals surface area contributed by atoms with E-state index in [2.05, 4.69) is 4.90 Å². The molecule has 1 aromatic rings. The molecule has 2 saturated heterocycles. The van der Waals surface area contributed by atoms with Gasteiger partial charge in [-0.25, -0.2) is 0 Å². The minimum absolute atomic E-state index is 0.0510. The zero-order valence-electron chi connectivity index (χ0n) is 11.7. The molecule has 1 aromatic carbocycles. The van der Waals surface area contributed by atoms with Crippen molar-refractivity contribution in [3.8, 4) is 0 Å². The van der Waals surface area contributed by atoms with Crippen LogP contribution in [0.4, 0.5) is 11.4 Å². The SMILES string of the molecule is Nc1cc(CN2CCN3C(=O)CCC3C2)ccc1[N+](=O)[O-]. The number of amides is 1. The molecule has 2 heterocycles. The van der Waals surface area contributed by atoms with Gasteiger partial charge in [-0.1, -0.05) is 6.07 Å². The van der Waals surface area contributed by atoms with Crippen molar-refractivity contribution in [2.24, 2.45) is 0 Å². The molecule has 21 heavy (non-hydrogen) atoms. The van der Waals surface area contributed by atoms with Crippen molar-refractivity contribution in [3.63, 3.8) is 0 Å². The first kappa shape index (κ1) is 13.8. The van der Waals surface area contributed by atoms with Gasteiger partial charge in [0, 0.05) is 44.7 Å². The van der Waals surface area contributed by atoms with Gasteiger partial charge < -0.3 is 10.6 Å². The average molecular weight is 290 g/mol. The number of nitrogens with two attached hydrogens (primary N) is 1. The average Bonchev–Trinajstić information content (AvgIpc) is 2.80. The van der Waals surface area contributed by atoms with E-state index in [0.717, 1.165) is 31.6 Å². The molecule has 3 rings (SSSR count). The van der Waals surface area contributed by atoms with Gasteiger partial charge in [-0.05, 0) is 18.1 Å². The molecule has 1 amide bonds. The highest BCUT2D eigenvalue weighted by atomic mass is 16.6. The number of carbonyl (C=O) groups excluding carboxylic acids is 1. The van der Waals surface area contributed by atoms with Crippen LogP contribution in [0.3, 0.4) is 0 Å². The number of anilines is 1. The molecule has 7 nitrogen and oxygen atoms in total. The second-order valence-electron chi connectivity index (χ2n) is 5.67. The highest BCUT2D eigenvalue weighted by molar-refractivity contribution is 5.78. The van der Waals surface area contributed by atoms with Crippen LogP contribution in [0.5, 0.6) is 0 Å². The summed E-state index contributed by atoms with van der Waals surface area (Å²) in [5.41, 5.74) is 6.84. The first-order valence-corrected chi connectivity index (χ1v) is 7.09. The number of nitrogen functional groups attached to an aromatic ring is 1. The van der Waals surface area contributed by atoms with Gasteiger partial charge in [0.15, 0.2) is 0 Å². The lowest BCUT2D eigenvalue weighted by atomic mass is 10.1. The first-order valence-electron chi connectivity index (χ1n) is 7.09. The Kier molecular flexibility index (Phi) is 3.50. The fraction of sp³-hybridized carbons (Fsp3) is 0.500. The summed E-state index contributed by atoms with van der Waals surface area (Å²) in [4.78, 5) is 26.2. The highest BCUT2D eigenvalue weighted by Gasteiger charge is 2.35. The number of nitro groups is 1. The van der Waals surface area contributed by atoms with E-state index in [9.17, 15) is 14.9 Å². The third-order valence-corrected chi connectivity index (χ3v) is 4.27. The van der Waals surface area contributed by atoms with Crippen LogP contribution >= 0.6 is 0 Å². The molecule has 2 N–H and O–H groups in total. The summed E-state index contributed by atoms with van der Waals surface area (Å²) >= 11 is 0. The number of hydrogen-bond acceptors (Lipinski definition) is 5. The summed E-state index contributed by atoms with van der Waals surface area (Å²) in [6, 6.07) is 5.20. The molecule has 7 heteroatoms. The Hall–Kier alpha value is -2.15. The van der Waals surface area contributed by atoms with Crippen molar-refractivity contribution < 1.29 is 9.72 Å². The number of fused-ring (bicyclic) bond motifs is 1. The van der Waals surface area contributed by atoms with Crippen molar-refractivity contribution in [1.82, 2.24) is 9.80 Å². The number of rotatable bonds is 3. The van der Waals surface area contributed by atoms with E-state index in [-0.39, 0.29) is 17.3 Å². The molecular weight excluding hydrogens is 272 g/mol. The molecule has 0 spiro atoms. The van der Waals surface area contributed by atoms with Crippen LogP contribution in [-0.4, -0.2) is 46.3 Å². The fourth-order valence-electron chi connectivity index (χ4n) is 3.20. The van der Waals surface area contributed by atoms with Crippen LogP contribution in [-0.2, 0) is 11.3 Å². The molecule has 0 aliphatic carbocycles. The van der Waals surface area contributed by atoms with E-state index < -0.39 is 4.92 Å². The largest absolute Gasteiger partial charge is 0.393 e. The smallest absolute Gasteiger partial charge is 0.292 e. The Balaban J connectivity index is 1.66.